The molecule has 3 N–H and O–H groups in total. The molecule has 0 bridgehead atoms. The molecule has 0 spiro atoms. The highest BCUT2D eigenvalue weighted by Crippen LogP contribution is 2.43. The van der Waals surface area contributed by atoms with Crippen LogP contribution < -0.4 is 5.73 Å². The number of ether oxygens (including phenoxy) is 2. The lowest BCUT2D eigenvalue weighted by Gasteiger charge is -2.19. The van der Waals surface area contributed by atoms with Crippen LogP contribution in [0, 0.1) is 0 Å². The van der Waals surface area contributed by atoms with Gasteiger partial charge in [0.2, 0.25) is 0 Å². The minimum Gasteiger partial charge on any atom is -0.462 e. The molecular formula is C69H122NO8P. The van der Waals surface area contributed by atoms with E-state index in [9.17, 15) is 19.0 Å². The van der Waals surface area contributed by atoms with Crippen molar-refractivity contribution in [1.82, 2.24) is 0 Å². The smallest absolute Gasteiger partial charge is 0.462 e. The van der Waals surface area contributed by atoms with Crippen molar-refractivity contribution in [3.05, 3.63) is 97.2 Å². The van der Waals surface area contributed by atoms with Crippen LogP contribution in [0.3, 0.4) is 0 Å². The van der Waals surface area contributed by atoms with Gasteiger partial charge in [0.05, 0.1) is 13.2 Å². The van der Waals surface area contributed by atoms with Crippen LogP contribution in [0.5, 0.6) is 0 Å². The zero-order valence-electron chi connectivity index (χ0n) is 51.1. The zero-order valence-corrected chi connectivity index (χ0v) is 52.0. The Morgan fingerprint density at radius 3 is 1.04 bits per heavy atom. The van der Waals surface area contributed by atoms with Gasteiger partial charge in [-0.25, -0.2) is 4.57 Å². The van der Waals surface area contributed by atoms with Crippen LogP contribution in [-0.2, 0) is 32.7 Å². The second-order valence-corrected chi connectivity index (χ2v) is 23.1. The normalized spacial score (nSPS) is 13.6. The lowest BCUT2D eigenvalue weighted by Crippen LogP contribution is -2.29. The van der Waals surface area contributed by atoms with Gasteiger partial charge in [-0.1, -0.05) is 304 Å². The molecule has 79 heavy (non-hydrogen) atoms. The third kappa shape index (κ3) is 64.0. The molecule has 0 saturated heterocycles. The van der Waals surface area contributed by atoms with Gasteiger partial charge in [-0.05, 0) is 77.0 Å². The van der Waals surface area contributed by atoms with Gasteiger partial charge in [-0.2, -0.15) is 0 Å². The van der Waals surface area contributed by atoms with E-state index in [1.165, 1.54) is 167 Å². The predicted molar refractivity (Wildman–Crippen MR) is 339 cm³/mol. The van der Waals surface area contributed by atoms with E-state index in [1.54, 1.807) is 0 Å². The highest BCUT2D eigenvalue weighted by Gasteiger charge is 2.26. The number of hydrogen-bond acceptors (Lipinski definition) is 8. The first-order valence-corrected chi connectivity index (χ1v) is 34.2. The van der Waals surface area contributed by atoms with Gasteiger partial charge in [-0.3, -0.25) is 18.6 Å². The first-order valence-electron chi connectivity index (χ1n) is 32.7. The van der Waals surface area contributed by atoms with E-state index in [1.807, 2.05) is 0 Å². The van der Waals surface area contributed by atoms with Crippen molar-refractivity contribution in [1.29, 1.82) is 0 Å². The predicted octanol–water partition coefficient (Wildman–Crippen LogP) is 21.2. The Morgan fingerprint density at radius 1 is 0.392 bits per heavy atom. The van der Waals surface area contributed by atoms with E-state index in [-0.39, 0.29) is 38.6 Å². The highest BCUT2D eigenvalue weighted by atomic mass is 31.2. The fraction of sp³-hybridized carbons (Fsp3) is 0.739. The third-order valence-electron chi connectivity index (χ3n) is 14.0. The SMILES string of the molecule is CC/C=C\C/C=C\C/C=C\C/C=C\C/C=C\C/C=C\C/C=C\C/C=C\CCCCCCCCCCC(=O)OC(COC(=O)CCCCCCCCCCCCCCCCCCCCCCCCCCC)COP(=O)(O)OCCN. The Morgan fingerprint density at radius 2 is 0.696 bits per heavy atom. The topological polar surface area (TPSA) is 134 Å². The molecule has 0 saturated carbocycles. The molecule has 9 nitrogen and oxygen atoms in total. The summed E-state index contributed by atoms with van der Waals surface area (Å²) in [4.78, 5) is 35.3. The molecule has 2 unspecified atom stereocenters. The zero-order chi connectivity index (χ0) is 57.3. The molecular weight excluding hydrogens is 1000 g/mol. The number of phosphoric ester groups is 1. The summed E-state index contributed by atoms with van der Waals surface area (Å²) in [7, 11) is -4.40. The summed E-state index contributed by atoms with van der Waals surface area (Å²) in [5, 5.41) is 0. The number of carbonyl (C=O) groups is 2. The van der Waals surface area contributed by atoms with Gasteiger partial charge in [0.1, 0.15) is 6.61 Å². The maximum atomic E-state index is 12.7. The van der Waals surface area contributed by atoms with E-state index >= 15 is 0 Å². The number of nitrogens with two attached hydrogens (primary N) is 1. The van der Waals surface area contributed by atoms with Gasteiger partial charge in [-0.15, -0.1) is 0 Å². The van der Waals surface area contributed by atoms with Gasteiger partial charge < -0.3 is 20.1 Å². The quantitative estimate of drug-likeness (QED) is 0.0264. The standard InChI is InChI=1S/C69H122NO8P/c1-3-5-7-9-11-13-15-17-19-21-23-25-27-29-30-31-32-33-34-35-36-38-40-42-44-46-48-50-52-54-56-58-60-62-69(72)78-67(66-77-79(73,74)76-64-63-70)65-75-68(71)61-59-57-55-53-51-49-47-45-43-41-39-37-28-26-24-22-20-18-16-14-12-10-8-6-4-2/h5,7,11,13,17,19,23,25,29-30,32-33,35-36,40,42,67H,3-4,6,8-10,12,14-16,18,20-22,24,26-28,31,34,37-39,41,43-66,70H2,1-2H3,(H,73,74)/b7-5-,13-11-,19-17-,25-23-,30-29-,33-32-,36-35-,42-40-. The molecule has 0 rings (SSSR count). The molecule has 0 heterocycles. The number of unbranched alkanes of at least 4 members (excludes halogenated alkanes) is 32. The number of phosphoric acid groups is 1. The van der Waals surface area contributed by atoms with Crippen LogP contribution >= 0.6 is 7.82 Å². The highest BCUT2D eigenvalue weighted by molar-refractivity contribution is 7.47. The van der Waals surface area contributed by atoms with Crippen molar-refractivity contribution in [3.8, 4) is 0 Å². The Hall–Kier alpha value is -3.07. The fourth-order valence-corrected chi connectivity index (χ4v) is 9.95. The van der Waals surface area contributed by atoms with Crippen LogP contribution in [0.15, 0.2) is 97.2 Å². The fourth-order valence-electron chi connectivity index (χ4n) is 9.18. The average molecular weight is 1120 g/mol. The third-order valence-corrected chi connectivity index (χ3v) is 15.0. The van der Waals surface area contributed by atoms with E-state index in [4.69, 9.17) is 24.3 Å². The Bertz CT molecular complexity index is 1610. The second kappa shape index (κ2) is 64.1. The van der Waals surface area contributed by atoms with E-state index in [2.05, 4.69) is 111 Å². The van der Waals surface area contributed by atoms with Gasteiger partial charge in [0.25, 0.3) is 0 Å². The first-order chi connectivity index (χ1) is 38.8. The van der Waals surface area contributed by atoms with Crippen molar-refractivity contribution < 1.29 is 37.6 Å². The largest absolute Gasteiger partial charge is 0.472 e. The summed E-state index contributed by atoms with van der Waals surface area (Å²) in [6.45, 7) is 3.66. The van der Waals surface area contributed by atoms with Crippen LogP contribution in [0.4, 0.5) is 0 Å². The molecule has 0 aromatic rings. The molecule has 0 radical (unpaired) electrons. The van der Waals surface area contributed by atoms with E-state index < -0.39 is 26.5 Å². The van der Waals surface area contributed by atoms with Crippen molar-refractivity contribution in [2.45, 2.75) is 302 Å². The van der Waals surface area contributed by atoms with Crippen molar-refractivity contribution >= 4 is 19.8 Å². The van der Waals surface area contributed by atoms with E-state index in [0.717, 1.165) is 96.3 Å². The summed E-state index contributed by atoms with van der Waals surface area (Å²) < 4.78 is 33.1. The molecule has 0 aromatic carbocycles. The molecule has 10 heteroatoms. The second-order valence-electron chi connectivity index (χ2n) is 21.6. The van der Waals surface area contributed by atoms with Crippen LogP contribution in [0.1, 0.15) is 296 Å². The van der Waals surface area contributed by atoms with Gasteiger partial charge in [0.15, 0.2) is 6.10 Å². The monoisotopic (exact) mass is 1120 g/mol. The minimum absolute atomic E-state index is 0.0491. The first kappa shape index (κ1) is 75.9. The number of hydrogen-bond donors (Lipinski definition) is 2. The van der Waals surface area contributed by atoms with Crippen LogP contribution in [0.2, 0.25) is 0 Å². The molecule has 0 aliphatic carbocycles. The summed E-state index contributed by atoms with van der Waals surface area (Å²) in [6, 6.07) is 0. The Balaban J connectivity index is 3.96. The number of esters is 2. The van der Waals surface area contributed by atoms with Gasteiger partial charge in [0, 0.05) is 19.4 Å². The lowest BCUT2D eigenvalue weighted by atomic mass is 10.0. The van der Waals surface area contributed by atoms with Crippen molar-refractivity contribution in [2.75, 3.05) is 26.4 Å². The lowest BCUT2D eigenvalue weighted by molar-refractivity contribution is -0.161. The molecule has 0 aliphatic rings. The molecule has 0 aliphatic heterocycles. The Labute approximate surface area is 486 Å². The molecule has 456 valence electrons. The number of rotatable bonds is 61. The Kier molecular flexibility index (Phi) is 61.6. The summed E-state index contributed by atoms with van der Waals surface area (Å²) >= 11 is 0. The van der Waals surface area contributed by atoms with Crippen LogP contribution in [0.25, 0.3) is 0 Å². The number of allylic oxidation sites excluding steroid dienone is 16. The molecule has 0 aromatic heterocycles. The molecule has 0 amide bonds. The van der Waals surface area contributed by atoms with E-state index in [0.29, 0.717) is 6.42 Å². The summed E-state index contributed by atoms with van der Waals surface area (Å²) in [5.41, 5.74) is 5.39. The van der Waals surface area contributed by atoms with Gasteiger partial charge >= 0.3 is 19.8 Å². The van der Waals surface area contributed by atoms with Crippen molar-refractivity contribution in [3.63, 3.8) is 0 Å². The summed E-state index contributed by atoms with van der Waals surface area (Å²) in [5.74, 6) is -0.830. The molecule has 2 atom stereocenters. The average Bonchev–Trinajstić information content (AvgIpc) is 3.44. The van der Waals surface area contributed by atoms with Crippen molar-refractivity contribution in [2.24, 2.45) is 5.73 Å². The maximum Gasteiger partial charge on any atom is 0.472 e. The summed E-state index contributed by atoms with van der Waals surface area (Å²) in [6.07, 6.45) is 86.2. The minimum atomic E-state index is -4.40. The number of carbonyl (C=O) groups excluding carboxylic acids is 2. The molecule has 0 fully saturated rings. The van der Waals surface area contributed by atoms with Crippen LogP contribution in [-0.4, -0.2) is 49.3 Å². The maximum absolute atomic E-state index is 12.7.